The summed E-state index contributed by atoms with van der Waals surface area (Å²) in [5.41, 5.74) is -1.36. The average Bonchev–Trinajstić information content (AvgIpc) is 2.72. The third-order valence-corrected chi connectivity index (χ3v) is 4.81. The van der Waals surface area contributed by atoms with Gasteiger partial charge in [0.15, 0.2) is 6.10 Å². The third-order valence-electron chi connectivity index (χ3n) is 4.81. The molecule has 30 heavy (non-hydrogen) atoms. The molecular formula is C18H16F5N5O2. The predicted molar refractivity (Wildman–Crippen MR) is 96.4 cm³/mol. The van der Waals surface area contributed by atoms with Crippen molar-refractivity contribution in [3.63, 3.8) is 0 Å². The number of pyridine rings is 2. The fraction of sp³-hybridized carbons (Fsp3) is 0.389. The van der Waals surface area contributed by atoms with Crippen LogP contribution in [0.25, 0.3) is 11.3 Å². The summed E-state index contributed by atoms with van der Waals surface area (Å²) in [6.45, 7) is 2.04. The second kappa shape index (κ2) is 7.67. The molecule has 2 aromatic rings. The molecule has 0 aromatic carbocycles. The van der Waals surface area contributed by atoms with Crippen LogP contribution in [-0.2, 0) is 10.9 Å². The van der Waals surface area contributed by atoms with Gasteiger partial charge in [-0.25, -0.2) is 23.5 Å². The Morgan fingerprint density at radius 3 is 2.60 bits per heavy atom. The number of hydrogen-bond acceptors (Lipinski definition) is 6. The number of fused-ring (bicyclic) bond motifs is 1. The van der Waals surface area contributed by atoms with Gasteiger partial charge in [0.2, 0.25) is 0 Å². The fourth-order valence-electron chi connectivity index (χ4n) is 3.44. The standard InChI is InChI=1S/C18H16F5N5O2/c19-15(20)14-13-10(1-2-25-16(13)27-17(29)30-14)11-7-9(18(21,22)23)8-12(26-11)28-5-3-24-4-6-28/h1-2,7-8,14-15,24H,3-6H2,(H,25,27,29). The van der Waals surface area contributed by atoms with Crippen LogP contribution in [0.2, 0.25) is 0 Å². The summed E-state index contributed by atoms with van der Waals surface area (Å²) in [5.74, 6) is -0.113. The Bertz CT molecular complexity index is 962. The first-order valence-electron chi connectivity index (χ1n) is 9.04. The number of rotatable bonds is 3. The number of cyclic esters (lactones) is 1. The van der Waals surface area contributed by atoms with E-state index in [0.717, 1.165) is 12.1 Å². The van der Waals surface area contributed by atoms with E-state index in [1.54, 1.807) is 4.90 Å². The van der Waals surface area contributed by atoms with E-state index < -0.39 is 30.4 Å². The predicted octanol–water partition coefficient (Wildman–Crippen LogP) is 3.44. The number of amides is 1. The number of carbonyl (C=O) groups excluding carboxylic acids is 1. The van der Waals surface area contributed by atoms with Crippen LogP contribution in [0.1, 0.15) is 17.2 Å². The summed E-state index contributed by atoms with van der Waals surface area (Å²) in [7, 11) is 0. The maximum Gasteiger partial charge on any atom is 0.416 e. The Kier molecular flexibility index (Phi) is 5.18. The highest BCUT2D eigenvalue weighted by Gasteiger charge is 2.38. The van der Waals surface area contributed by atoms with Gasteiger partial charge in [-0.3, -0.25) is 5.32 Å². The topological polar surface area (TPSA) is 79.4 Å². The van der Waals surface area contributed by atoms with Gasteiger partial charge < -0.3 is 15.0 Å². The fourth-order valence-corrected chi connectivity index (χ4v) is 3.44. The number of halogens is 5. The Hall–Kier alpha value is -3.02. The van der Waals surface area contributed by atoms with Crippen LogP contribution in [0.15, 0.2) is 24.4 Å². The van der Waals surface area contributed by atoms with Crippen molar-refractivity contribution in [3.8, 4) is 11.3 Å². The van der Waals surface area contributed by atoms with Crippen LogP contribution in [-0.4, -0.2) is 48.7 Å². The Morgan fingerprint density at radius 2 is 1.93 bits per heavy atom. The van der Waals surface area contributed by atoms with E-state index in [1.165, 1.54) is 12.3 Å². The monoisotopic (exact) mass is 429 g/mol. The summed E-state index contributed by atoms with van der Waals surface area (Å²) in [5, 5.41) is 5.30. The van der Waals surface area contributed by atoms with Crippen LogP contribution in [0.3, 0.4) is 0 Å². The van der Waals surface area contributed by atoms with Crippen LogP contribution in [0.4, 0.5) is 38.4 Å². The van der Waals surface area contributed by atoms with Crippen molar-refractivity contribution in [2.75, 3.05) is 36.4 Å². The molecule has 2 aliphatic rings. The molecule has 0 spiro atoms. The molecule has 7 nitrogen and oxygen atoms in total. The van der Waals surface area contributed by atoms with E-state index in [2.05, 4.69) is 25.3 Å². The number of aromatic nitrogens is 2. The highest BCUT2D eigenvalue weighted by Crippen LogP contribution is 2.41. The number of ether oxygens (including phenoxy) is 1. The molecular weight excluding hydrogens is 413 g/mol. The van der Waals surface area contributed by atoms with Crippen molar-refractivity contribution >= 4 is 17.7 Å². The van der Waals surface area contributed by atoms with Crippen molar-refractivity contribution in [3.05, 3.63) is 35.5 Å². The van der Waals surface area contributed by atoms with E-state index in [9.17, 15) is 26.7 Å². The number of nitrogens with one attached hydrogen (secondary N) is 2. The molecule has 4 heterocycles. The smallest absolute Gasteiger partial charge is 0.416 e. The lowest BCUT2D eigenvalue weighted by Crippen LogP contribution is -2.44. The minimum Gasteiger partial charge on any atom is -0.435 e. The molecule has 4 rings (SSSR count). The Labute approximate surface area is 167 Å². The molecule has 1 fully saturated rings. The molecule has 160 valence electrons. The number of piperazine rings is 1. The first-order chi connectivity index (χ1) is 14.2. The van der Waals surface area contributed by atoms with Gasteiger partial charge in [0.1, 0.15) is 11.6 Å². The number of alkyl halides is 5. The highest BCUT2D eigenvalue weighted by molar-refractivity contribution is 5.89. The van der Waals surface area contributed by atoms with E-state index in [1.807, 2.05) is 0 Å². The summed E-state index contributed by atoms with van der Waals surface area (Å²) >= 11 is 0. The molecule has 12 heteroatoms. The van der Waals surface area contributed by atoms with Crippen LogP contribution >= 0.6 is 0 Å². The minimum absolute atomic E-state index is 0.0206. The van der Waals surface area contributed by atoms with Crippen LogP contribution in [0.5, 0.6) is 0 Å². The van der Waals surface area contributed by atoms with Crippen molar-refractivity contribution < 1.29 is 31.5 Å². The second-order valence-corrected chi connectivity index (χ2v) is 6.74. The van der Waals surface area contributed by atoms with Crippen LogP contribution < -0.4 is 15.5 Å². The third kappa shape index (κ3) is 3.86. The lowest BCUT2D eigenvalue weighted by molar-refractivity contribution is -0.137. The van der Waals surface area contributed by atoms with Gasteiger partial charge in [0.05, 0.1) is 16.8 Å². The van der Waals surface area contributed by atoms with Gasteiger partial charge in [0.25, 0.3) is 6.43 Å². The van der Waals surface area contributed by atoms with Crippen LogP contribution in [0, 0.1) is 0 Å². The summed E-state index contributed by atoms with van der Waals surface area (Å²) in [4.78, 5) is 21.4. The summed E-state index contributed by atoms with van der Waals surface area (Å²) < 4.78 is 72.4. The van der Waals surface area contributed by atoms with Gasteiger partial charge in [-0.05, 0) is 18.2 Å². The molecule has 1 unspecified atom stereocenters. The molecule has 2 N–H and O–H groups in total. The van der Waals surface area contributed by atoms with Gasteiger partial charge in [0, 0.05) is 37.9 Å². The number of carbonyl (C=O) groups is 1. The maximum absolute atomic E-state index is 13.6. The van der Waals surface area contributed by atoms with Crippen molar-refractivity contribution in [2.45, 2.75) is 18.7 Å². The number of hydrogen-bond donors (Lipinski definition) is 2. The van der Waals surface area contributed by atoms with Gasteiger partial charge in [-0.15, -0.1) is 0 Å². The van der Waals surface area contributed by atoms with E-state index >= 15 is 0 Å². The lowest BCUT2D eigenvalue weighted by atomic mass is 9.98. The Balaban J connectivity index is 1.88. The molecule has 1 saturated heterocycles. The SMILES string of the molecule is O=C1Nc2nccc(-c3cc(C(F)(F)F)cc(N4CCNCC4)n3)c2C(C(F)F)O1. The summed E-state index contributed by atoms with van der Waals surface area (Å²) in [6, 6.07) is 3.00. The largest absolute Gasteiger partial charge is 0.435 e. The Morgan fingerprint density at radius 1 is 1.20 bits per heavy atom. The minimum atomic E-state index is -4.67. The zero-order chi connectivity index (χ0) is 21.5. The average molecular weight is 429 g/mol. The molecule has 0 radical (unpaired) electrons. The zero-order valence-electron chi connectivity index (χ0n) is 15.3. The molecule has 1 amide bonds. The highest BCUT2D eigenvalue weighted by atomic mass is 19.4. The van der Waals surface area contributed by atoms with Gasteiger partial charge in [-0.2, -0.15) is 13.2 Å². The molecule has 2 aromatic heterocycles. The first-order valence-corrected chi connectivity index (χ1v) is 9.04. The van der Waals surface area contributed by atoms with Gasteiger partial charge in [-0.1, -0.05) is 0 Å². The van der Waals surface area contributed by atoms with Crippen molar-refractivity contribution in [1.29, 1.82) is 0 Å². The number of nitrogens with zero attached hydrogens (tertiary/aromatic N) is 3. The molecule has 0 saturated carbocycles. The lowest BCUT2D eigenvalue weighted by Gasteiger charge is -2.30. The maximum atomic E-state index is 13.6. The summed E-state index contributed by atoms with van der Waals surface area (Å²) in [6.07, 6.45) is -9.65. The molecule has 0 aliphatic carbocycles. The van der Waals surface area contributed by atoms with E-state index in [-0.39, 0.29) is 28.5 Å². The van der Waals surface area contributed by atoms with Crippen molar-refractivity contribution in [1.82, 2.24) is 15.3 Å². The van der Waals surface area contributed by atoms with E-state index in [0.29, 0.717) is 26.2 Å². The van der Waals surface area contributed by atoms with Crippen molar-refractivity contribution in [2.24, 2.45) is 0 Å². The molecule has 0 bridgehead atoms. The zero-order valence-corrected chi connectivity index (χ0v) is 15.3. The normalized spacial score (nSPS) is 19.3. The van der Waals surface area contributed by atoms with E-state index in [4.69, 9.17) is 0 Å². The molecule has 2 aliphatic heterocycles. The number of anilines is 2. The van der Waals surface area contributed by atoms with Gasteiger partial charge >= 0.3 is 12.3 Å². The quantitative estimate of drug-likeness (QED) is 0.728. The molecule has 1 atom stereocenters. The second-order valence-electron chi connectivity index (χ2n) is 6.74. The first kappa shape index (κ1) is 20.3.